The van der Waals surface area contributed by atoms with Gasteiger partial charge in [-0.15, -0.1) is 11.3 Å². The van der Waals surface area contributed by atoms with Crippen LogP contribution in [0.1, 0.15) is 15.9 Å². The molecule has 8 nitrogen and oxygen atoms in total. The Hall–Kier alpha value is -3.18. The molecule has 0 aliphatic heterocycles. The average Bonchev–Trinajstić information content (AvgIpc) is 3.26. The highest BCUT2D eigenvalue weighted by Crippen LogP contribution is 2.32. The maximum absolute atomic E-state index is 14.4. The molecule has 1 aromatic heterocycles. The zero-order chi connectivity index (χ0) is 21.9. The number of carbonyl (C=O) groups is 1. The van der Waals surface area contributed by atoms with E-state index in [0.29, 0.717) is 11.3 Å². The van der Waals surface area contributed by atoms with E-state index >= 15 is 0 Å². The number of halogens is 1. The Morgan fingerprint density at radius 3 is 2.57 bits per heavy atom. The van der Waals surface area contributed by atoms with E-state index in [1.54, 1.807) is 17.5 Å². The van der Waals surface area contributed by atoms with Gasteiger partial charge in [0.1, 0.15) is 11.6 Å². The fourth-order valence-electron chi connectivity index (χ4n) is 2.63. The number of carbonyl (C=O) groups excluding carboxylic acids is 1. The molecule has 0 fully saturated rings. The first-order valence-electron chi connectivity index (χ1n) is 8.46. The third-order valence-electron chi connectivity index (χ3n) is 4.20. The first-order chi connectivity index (χ1) is 14.3. The maximum Gasteiger partial charge on any atom is 0.340 e. The quantitative estimate of drug-likeness (QED) is 0.402. The predicted octanol–water partition coefficient (Wildman–Crippen LogP) is 2.91. The minimum Gasteiger partial charge on any atom is -0.593 e. The van der Waals surface area contributed by atoms with Gasteiger partial charge in [0.2, 0.25) is 0 Å². The Kier molecular flexibility index (Phi) is 6.22. The predicted molar refractivity (Wildman–Crippen MR) is 109 cm³/mol. The van der Waals surface area contributed by atoms with Gasteiger partial charge in [0.25, 0.3) is 15.8 Å². The standard InChI is InChI=1S/C19H17FN2O6S2/c1-27-13-4-3-12(17(23)9-13)11-22(19-21-7-8-29-19)30(25,26)14-5-6-15(16(20)10-14)18(24)28-2/h3-10,23H,11H2,1-2H3/p+1. The molecule has 0 bridgehead atoms. The number of benzene rings is 2. The molecule has 0 atom stereocenters. The van der Waals surface area contributed by atoms with Crippen LogP contribution in [0.25, 0.3) is 0 Å². The topological polar surface area (TPSA) is 109 Å². The Morgan fingerprint density at radius 2 is 2.00 bits per heavy atom. The molecule has 3 aromatic rings. The molecule has 0 unspecified atom stereocenters. The molecule has 0 aliphatic carbocycles. The van der Waals surface area contributed by atoms with Crippen LogP contribution in [0.5, 0.6) is 11.5 Å². The van der Waals surface area contributed by atoms with Gasteiger partial charge < -0.3 is 14.6 Å². The first kappa shape index (κ1) is 21.5. The van der Waals surface area contributed by atoms with Gasteiger partial charge in [0.15, 0.2) is 5.13 Å². The zero-order valence-corrected chi connectivity index (χ0v) is 17.6. The molecule has 11 heteroatoms. The molecule has 0 saturated heterocycles. The van der Waals surface area contributed by atoms with Gasteiger partial charge in [-0.05, 0) is 30.3 Å². The van der Waals surface area contributed by atoms with Crippen molar-refractivity contribution < 1.29 is 32.2 Å². The number of sulfonamides is 1. The number of hydrogen-bond acceptors (Lipinski definition) is 7. The molecule has 0 radical (unpaired) electrons. The molecule has 0 amide bonds. The molecule has 3 rings (SSSR count). The van der Waals surface area contributed by atoms with Crippen molar-refractivity contribution >= 4 is 32.5 Å². The van der Waals surface area contributed by atoms with Gasteiger partial charge >= 0.3 is 5.97 Å². The summed E-state index contributed by atoms with van der Waals surface area (Å²) < 4.78 is 51.5. The second-order valence-electron chi connectivity index (χ2n) is 5.98. The van der Waals surface area contributed by atoms with Crippen molar-refractivity contribution in [2.24, 2.45) is 0 Å². The van der Waals surface area contributed by atoms with E-state index in [-0.39, 0.29) is 27.9 Å². The number of anilines is 1. The number of aromatic nitrogens is 1. The van der Waals surface area contributed by atoms with Crippen LogP contribution >= 0.6 is 11.3 Å². The lowest BCUT2D eigenvalue weighted by Gasteiger charge is -2.22. The van der Waals surface area contributed by atoms with Gasteiger partial charge in [0, 0.05) is 11.6 Å². The van der Waals surface area contributed by atoms with Crippen LogP contribution in [0.4, 0.5) is 9.52 Å². The number of hydrogen-bond donors (Lipinski definition) is 0. The van der Waals surface area contributed by atoms with Gasteiger partial charge in [-0.2, -0.15) is 0 Å². The van der Waals surface area contributed by atoms with Crippen LogP contribution in [0.15, 0.2) is 52.9 Å². The van der Waals surface area contributed by atoms with E-state index in [2.05, 4.69) is 9.72 Å². The van der Waals surface area contributed by atoms with Crippen LogP contribution in [-0.2, 0) is 21.3 Å². The third kappa shape index (κ3) is 4.21. The Balaban J connectivity index is 2.04. The average molecular weight is 453 g/mol. The van der Waals surface area contributed by atoms with Gasteiger partial charge in [-0.1, -0.05) is 0 Å². The van der Waals surface area contributed by atoms with Crippen LogP contribution in [0.3, 0.4) is 0 Å². The lowest BCUT2D eigenvalue weighted by Crippen LogP contribution is -2.30. The number of methoxy groups -OCH3 is 2. The molecule has 1 heterocycles. The molecule has 0 spiro atoms. The maximum atomic E-state index is 14.4. The normalized spacial score (nSPS) is 11.2. The van der Waals surface area contributed by atoms with Gasteiger partial charge in [-0.25, -0.2) is 26.9 Å². The molecular formula is C19H18FN2O6S2+. The van der Waals surface area contributed by atoms with E-state index in [1.165, 1.54) is 19.4 Å². The highest BCUT2D eigenvalue weighted by atomic mass is 32.2. The summed E-state index contributed by atoms with van der Waals surface area (Å²) in [6.45, 7) is -0.195. The van der Waals surface area contributed by atoms with Crippen molar-refractivity contribution in [3.05, 3.63) is 64.9 Å². The summed E-state index contributed by atoms with van der Waals surface area (Å²) in [6.07, 6.45) is 1.44. The van der Waals surface area contributed by atoms with Crippen LogP contribution < -0.4 is 9.04 Å². The molecule has 0 saturated carbocycles. The molecule has 158 valence electrons. The SMILES string of the molecule is COC(=O)c1ccc(S(=O)(=O)N(Cc2ccc(OC)cc2[OH2+])c2nccs2)cc1F. The van der Waals surface area contributed by atoms with Crippen molar-refractivity contribution in [3.8, 4) is 11.5 Å². The summed E-state index contributed by atoms with van der Waals surface area (Å²) in [5.74, 6) is -1.39. The van der Waals surface area contributed by atoms with Crippen LogP contribution in [0, 0.1) is 5.82 Å². The summed E-state index contributed by atoms with van der Waals surface area (Å²) in [5, 5.41) is 9.90. The van der Waals surface area contributed by atoms with E-state index in [9.17, 15) is 17.6 Å². The summed E-state index contributed by atoms with van der Waals surface area (Å²) in [6, 6.07) is 7.60. The number of rotatable bonds is 7. The van der Waals surface area contributed by atoms with E-state index < -0.39 is 21.8 Å². The number of nitrogens with zero attached hydrogens (tertiary/aromatic N) is 2. The third-order valence-corrected chi connectivity index (χ3v) is 6.84. The van der Waals surface area contributed by atoms with E-state index in [1.807, 2.05) is 0 Å². The van der Waals surface area contributed by atoms with E-state index in [0.717, 1.165) is 41.0 Å². The Labute approximate surface area is 176 Å². The lowest BCUT2D eigenvalue weighted by atomic mass is 10.2. The highest BCUT2D eigenvalue weighted by molar-refractivity contribution is 7.93. The number of ether oxygens (including phenoxy) is 2. The van der Waals surface area contributed by atoms with Gasteiger partial charge in [-0.3, -0.25) is 0 Å². The second kappa shape index (κ2) is 8.67. The smallest absolute Gasteiger partial charge is 0.340 e. The summed E-state index contributed by atoms with van der Waals surface area (Å²) >= 11 is 1.08. The van der Waals surface area contributed by atoms with Crippen LogP contribution in [0.2, 0.25) is 0 Å². The molecule has 2 aromatic carbocycles. The van der Waals surface area contributed by atoms with Crippen molar-refractivity contribution in [2.75, 3.05) is 18.5 Å². The highest BCUT2D eigenvalue weighted by Gasteiger charge is 2.30. The summed E-state index contributed by atoms with van der Waals surface area (Å²) in [7, 11) is -1.69. The summed E-state index contributed by atoms with van der Waals surface area (Å²) in [4.78, 5) is 15.3. The zero-order valence-electron chi connectivity index (χ0n) is 16.0. The van der Waals surface area contributed by atoms with Gasteiger partial charge in [0.05, 0.1) is 42.9 Å². The Bertz CT molecular complexity index is 1170. The van der Waals surface area contributed by atoms with Crippen molar-refractivity contribution in [3.63, 3.8) is 0 Å². The van der Waals surface area contributed by atoms with Crippen LogP contribution in [-0.4, -0.2) is 38.7 Å². The number of esters is 1. The van der Waals surface area contributed by atoms with Crippen molar-refractivity contribution in [2.45, 2.75) is 11.4 Å². The monoisotopic (exact) mass is 453 g/mol. The Morgan fingerprint density at radius 1 is 1.23 bits per heavy atom. The fourth-order valence-corrected chi connectivity index (χ4v) is 4.91. The number of thiazole rings is 1. The van der Waals surface area contributed by atoms with E-state index in [4.69, 9.17) is 9.84 Å². The minimum absolute atomic E-state index is 0.0818. The molecule has 0 aliphatic rings. The minimum atomic E-state index is -4.25. The molecule has 2 N–H and O–H groups in total. The second-order valence-corrected chi connectivity index (χ2v) is 8.72. The van der Waals surface area contributed by atoms with Crippen molar-refractivity contribution in [1.29, 1.82) is 0 Å². The lowest BCUT2D eigenvalue weighted by molar-refractivity contribution is 0.0595. The summed E-state index contributed by atoms with van der Waals surface area (Å²) in [5.41, 5.74) is 0.0297. The fraction of sp³-hybridized carbons (Fsp3) is 0.158. The molecular weight excluding hydrogens is 435 g/mol. The largest absolute Gasteiger partial charge is 0.593 e. The molecule has 30 heavy (non-hydrogen) atoms. The van der Waals surface area contributed by atoms with Crippen molar-refractivity contribution in [1.82, 2.24) is 4.98 Å². The first-order valence-corrected chi connectivity index (χ1v) is 10.8.